The summed E-state index contributed by atoms with van der Waals surface area (Å²) in [4.78, 5) is 28.9. The number of piperidine rings is 1. The van der Waals surface area contributed by atoms with E-state index in [-0.39, 0.29) is 11.8 Å². The zero-order chi connectivity index (χ0) is 16.9. The van der Waals surface area contributed by atoms with Crippen LogP contribution >= 0.6 is 11.3 Å². The number of nitrogens with zero attached hydrogens (tertiary/aromatic N) is 2. The van der Waals surface area contributed by atoms with Crippen LogP contribution in [0.25, 0.3) is 0 Å². The Hall–Kier alpha value is -2.28. The van der Waals surface area contributed by atoms with Crippen LogP contribution in [0.15, 0.2) is 40.3 Å². The molecular formula is C17H21N3O3S. The lowest BCUT2D eigenvalue weighted by atomic mass is 9.96. The molecule has 128 valence electrons. The lowest BCUT2D eigenvalue weighted by Crippen LogP contribution is -2.48. The van der Waals surface area contributed by atoms with Crippen LogP contribution in [0.2, 0.25) is 0 Å². The molecule has 0 spiro atoms. The van der Waals surface area contributed by atoms with Crippen LogP contribution in [0.3, 0.4) is 0 Å². The van der Waals surface area contributed by atoms with Crippen LogP contribution in [-0.4, -0.2) is 34.8 Å². The van der Waals surface area contributed by atoms with Crippen molar-refractivity contribution in [1.29, 1.82) is 0 Å². The van der Waals surface area contributed by atoms with E-state index in [9.17, 15) is 9.59 Å². The lowest BCUT2D eigenvalue weighted by molar-refractivity contribution is -0.138. The van der Waals surface area contributed by atoms with E-state index in [0.717, 1.165) is 23.5 Å². The maximum atomic E-state index is 13.0. The number of amides is 3. The number of urea groups is 1. The average Bonchev–Trinajstić information content (AvgIpc) is 3.27. The molecule has 1 atom stereocenters. The fourth-order valence-corrected chi connectivity index (χ4v) is 3.75. The molecule has 2 N–H and O–H groups in total. The Bertz CT molecular complexity index is 633. The molecule has 0 saturated carbocycles. The summed E-state index contributed by atoms with van der Waals surface area (Å²) < 4.78 is 5.41. The summed E-state index contributed by atoms with van der Waals surface area (Å²) in [6.45, 7) is 2.00. The number of hydrogen-bond donors (Lipinski definition) is 1. The van der Waals surface area contributed by atoms with Gasteiger partial charge < -0.3 is 20.0 Å². The van der Waals surface area contributed by atoms with Gasteiger partial charge in [0.25, 0.3) is 0 Å². The van der Waals surface area contributed by atoms with E-state index in [0.29, 0.717) is 26.2 Å². The summed E-state index contributed by atoms with van der Waals surface area (Å²) in [5.74, 6) is 0.592. The molecule has 7 heteroatoms. The smallest absolute Gasteiger partial charge is 0.314 e. The van der Waals surface area contributed by atoms with Crippen LogP contribution in [0.1, 0.15) is 23.5 Å². The third kappa shape index (κ3) is 3.97. The van der Waals surface area contributed by atoms with Crippen LogP contribution in [0, 0.1) is 5.92 Å². The van der Waals surface area contributed by atoms with Crippen molar-refractivity contribution in [3.8, 4) is 0 Å². The van der Waals surface area contributed by atoms with E-state index in [1.807, 2.05) is 29.6 Å². The largest absolute Gasteiger partial charge is 0.467 e. The van der Waals surface area contributed by atoms with Crippen LogP contribution in [0.5, 0.6) is 0 Å². The average molecular weight is 347 g/mol. The van der Waals surface area contributed by atoms with Crippen molar-refractivity contribution >= 4 is 23.3 Å². The van der Waals surface area contributed by atoms with Gasteiger partial charge in [0.2, 0.25) is 5.91 Å². The molecule has 0 aromatic carbocycles. The minimum Gasteiger partial charge on any atom is -0.467 e. The van der Waals surface area contributed by atoms with Gasteiger partial charge in [-0.1, -0.05) is 6.07 Å². The van der Waals surface area contributed by atoms with Gasteiger partial charge in [0.15, 0.2) is 0 Å². The zero-order valence-corrected chi connectivity index (χ0v) is 14.2. The second-order valence-electron chi connectivity index (χ2n) is 5.98. The molecule has 24 heavy (non-hydrogen) atoms. The van der Waals surface area contributed by atoms with Crippen molar-refractivity contribution in [2.75, 3.05) is 13.1 Å². The Balaban J connectivity index is 1.73. The predicted octanol–water partition coefficient (Wildman–Crippen LogP) is 2.66. The fourth-order valence-electron chi connectivity index (χ4n) is 3.03. The van der Waals surface area contributed by atoms with Crippen molar-refractivity contribution in [2.45, 2.75) is 25.9 Å². The first-order valence-electron chi connectivity index (χ1n) is 8.01. The highest BCUT2D eigenvalue weighted by atomic mass is 32.1. The number of likely N-dealkylation sites (tertiary alicyclic amines) is 1. The molecule has 1 fully saturated rings. The third-order valence-corrected chi connectivity index (χ3v) is 5.11. The Morgan fingerprint density at radius 2 is 2.21 bits per heavy atom. The van der Waals surface area contributed by atoms with Crippen molar-refractivity contribution in [3.05, 3.63) is 46.5 Å². The summed E-state index contributed by atoms with van der Waals surface area (Å²) in [5.41, 5.74) is 5.37. The molecule has 0 radical (unpaired) electrons. The van der Waals surface area contributed by atoms with Crippen molar-refractivity contribution in [1.82, 2.24) is 9.80 Å². The van der Waals surface area contributed by atoms with Gasteiger partial charge in [0.1, 0.15) is 5.76 Å². The molecule has 0 unspecified atom stereocenters. The maximum absolute atomic E-state index is 13.0. The summed E-state index contributed by atoms with van der Waals surface area (Å²) in [6, 6.07) is 7.22. The minimum absolute atomic E-state index is 0.0470. The van der Waals surface area contributed by atoms with Crippen molar-refractivity contribution in [2.24, 2.45) is 11.7 Å². The first kappa shape index (κ1) is 16.6. The van der Waals surface area contributed by atoms with Gasteiger partial charge in [-0.25, -0.2) is 4.79 Å². The number of thiophene rings is 1. The summed E-state index contributed by atoms with van der Waals surface area (Å²) in [7, 11) is 0. The number of hydrogen-bond acceptors (Lipinski definition) is 4. The first-order chi connectivity index (χ1) is 11.6. The highest BCUT2D eigenvalue weighted by molar-refractivity contribution is 7.09. The first-order valence-corrected chi connectivity index (χ1v) is 8.89. The molecule has 2 aromatic rings. The van der Waals surface area contributed by atoms with E-state index >= 15 is 0 Å². The zero-order valence-electron chi connectivity index (χ0n) is 13.4. The van der Waals surface area contributed by atoms with Crippen LogP contribution in [0.4, 0.5) is 4.79 Å². The lowest BCUT2D eigenvalue weighted by Gasteiger charge is -2.33. The fraction of sp³-hybridized carbons (Fsp3) is 0.412. The van der Waals surface area contributed by atoms with Gasteiger partial charge in [-0.05, 0) is 36.4 Å². The number of carbonyl (C=O) groups is 2. The van der Waals surface area contributed by atoms with E-state index < -0.39 is 6.03 Å². The highest BCUT2D eigenvalue weighted by Crippen LogP contribution is 2.22. The Labute approximate surface area is 144 Å². The van der Waals surface area contributed by atoms with E-state index in [1.165, 1.54) is 0 Å². The van der Waals surface area contributed by atoms with Crippen LogP contribution in [-0.2, 0) is 17.9 Å². The molecule has 3 rings (SSSR count). The van der Waals surface area contributed by atoms with Gasteiger partial charge in [-0.15, -0.1) is 11.3 Å². The molecule has 3 amide bonds. The molecule has 1 aliphatic heterocycles. The summed E-state index contributed by atoms with van der Waals surface area (Å²) in [6.07, 6.45) is 3.19. The predicted molar refractivity (Wildman–Crippen MR) is 91.2 cm³/mol. The van der Waals surface area contributed by atoms with E-state index in [1.54, 1.807) is 27.4 Å². The Kier molecular flexibility index (Phi) is 5.20. The minimum atomic E-state index is -0.455. The maximum Gasteiger partial charge on any atom is 0.314 e. The molecule has 0 aliphatic carbocycles. The van der Waals surface area contributed by atoms with Gasteiger partial charge >= 0.3 is 6.03 Å². The number of rotatable bonds is 5. The number of furan rings is 1. The number of carbonyl (C=O) groups excluding carboxylic acids is 2. The van der Waals surface area contributed by atoms with Crippen LogP contribution < -0.4 is 5.73 Å². The summed E-state index contributed by atoms with van der Waals surface area (Å²) in [5, 5.41) is 2.00. The van der Waals surface area contributed by atoms with E-state index in [4.69, 9.17) is 10.2 Å². The van der Waals surface area contributed by atoms with Gasteiger partial charge in [0, 0.05) is 18.0 Å². The highest BCUT2D eigenvalue weighted by Gasteiger charge is 2.31. The number of nitrogens with two attached hydrogens (primary N) is 1. The normalized spacial score (nSPS) is 17.7. The second kappa shape index (κ2) is 7.53. The Morgan fingerprint density at radius 3 is 2.88 bits per heavy atom. The molecule has 2 aromatic heterocycles. The monoisotopic (exact) mass is 347 g/mol. The topological polar surface area (TPSA) is 79.8 Å². The molecule has 0 bridgehead atoms. The molecule has 3 heterocycles. The number of primary amides is 1. The third-order valence-electron chi connectivity index (χ3n) is 4.25. The molecule has 6 nitrogen and oxygen atoms in total. The van der Waals surface area contributed by atoms with Gasteiger partial charge in [-0.3, -0.25) is 4.79 Å². The second-order valence-corrected chi connectivity index (χ2v) is 7.01. The molecule has 1 aliphatic rings. The van der Waals surface area contributed by atoms with E-state index in [2.05, 4.69) is 0 Å². The van der Waals surface area contributed by atoms with Gasteiger partial charge in [-0.2, -0.15) is 0 Å². The summed E-state index contributed by atoms with van der Waals surface area (Å²) >= 11 is 1.62. The molecular weight excluding hydrogens is 326 g/mol. The Morgan fingerprint density at radius 1 is 1.33 bits per heavy atom. The SMILES string of the molecule is NC(=O)N1CCC[C@H](C(=O)N(Cc2ccco2)Cc2cccs2)C1. The van der Waals surface area contributed by atoms with Gasteiger partial charge in [0.05, 0.1) is 25.3 Å². The van der Waals surface area contributed by atoms with Crippen molar-refractivity contribution in [3.63, 3.8) is 0 Å². The molecule has 1 saturated heterocycles. The van der Waals surface area contributed by atoms with Crippen molar-refractivity contribution < 1.29 is 14.0 Å². The standard InChI is InChI=1S/C17H21N3O3S/c18-17(22)19-7-1-4-13(10-19)16(21)20(11-14-5-2-8-23-14)12-15-6-3-9-24-15/h2-3,5-6,8-9,13H,1,4,7,10-12H2,(H2,18,22)/t13-/m0/s1. The quantitative estimate of drug-likeness (QED) is 0.903.